The van der Waals surface area contributed by atoms with E-state index in [1.165, 1.54) is 0 Å². The molecule has 0 aromatic carbocycles. The molecule has 0 radical (unpaired) electrons. The maximum absolute atomic E-state index is 11.9. The minimum Gasteiger partial charge on any atom is -0.480 e. The number of nitrogens with one attached hydrogen (secondary N) is 1. The van der Waals surface area contributed by atoms with Crippen molar-refractivity contribution in [2.45, 2.75) is 56.8 Å². The molecule has 1 atom stereocenters. The summed E-state index contributed by atoms with van der Waals surface area (Å²) in [7, 11) is 0. The van der Waals surface area contributed by atoms with E-state index in [0.717, 1.165) is 12.8 Å². The lowest BCUT2D eigenvalue weighted by molar-refractivity contribution is -0.145. The molecule has 0 aromatic rings. The van der Waals surface area contributed by atoms with E-state index in [4.69, 9.17) is 9.84 Å². The number of hydrogen-bond donors (Lipinski definition) is 2. The van der Waals surface area contributed by atoms with E-state index in [1.807, 2.05) is 0 Å². The lowest BCUT2D eigenvalue weighted by Crippen LogP contribution is -2.51. The fourth-order valence-corrected chi connectivity index (χ4v) is 1.67. The van der Waals surface area contributed by atoms with E-state index in [-0.39, 0.29) is 32.1 Å². The summed E-state index contributed by atoms with van der Waals surface area (Å²) in [5.74, 6) is -0.960. The van der Waals surface area contributed by atoms with Crippen molar-refractivity contribution in [1.82, 2.24) is 5.32 Å². The van der Waals surface area contributed by atoms with Crippen LogP contribution in [0.25, 0.3) is 0 Å². The normalized spacial score (nSPS) is 19.2. The molecule has 1 saturated carbocycles. The second kappa shape index (κ2) is 6.56. The topological polar surface area (TPSA) is 58.6 Å². The molecule has 2 N–H and O–H groups in total. The van der Waals surface area contributed by atoms with E-state index < -0.39 is 24.1 Å². The third kappa shape index (κ3) is 6.77. The predicted molar refractivity (Wildman–Crippen MR) is 62.9 cm³/mol. The van der Waals surface area contributed by atoms with Crippen LogP contribution >= 0.6 is 0 Å². The molecule has 1 rings (SSSR count). The Labute approximate surface area is 110 Å². The average Bonchev–Trinajstić information content (AvgIpc) is 3.05. The Kier molecular flexibility index (Phi) is 5.61. The second-order valence-electron chi connectivity index (χ2n) is 5.14. The van der Waals surface area contributed by atoms with Gasteiger partial charge in [-0.3, -0.25) is 10.1 Å². The lowest BCUT2D eigenvalue weighted by Gasteiger charge is -2.26. The molecule has 1 unspecified atom stereocenters. The molecule has 0 spiro atoms. The molecule has 0 aromatic heterocycles. The molecular weight excluding hydrogens is 263 g/mol. The molecule has 1 aliphatic rings. The van der Waals surface area contributed by atoms with Crippen LogP contribution in [0, 0.1) is 0 Å². The maximum Gasteiger partial charge on any atom is 0.389 e. The molecule has 7 heteroatoms. The van der Waals surface area contributed by atoms with E-state index in [0.29, 0.717) is 0 Å². The number of hydrogen-bond acceptors (Lipinski definition) is 3. The number of halogens is 3. The van der Waals surface area contributed by atoms with Crippen LogP contribution in [-0.2, 0) is 9.53 Å². The first kappa shape index (κ1) is 16.2. The van der Waals surface area contributed by atoms with Gasteiger partial charge in [0.05, 0.1) is 0 Å². The smallest absolute Gasteiger partial charge is 0.389 e. The summed E-state index contributed by atoms with van der Waals surface area (Å²) < 4.78 is 40.7. The summed E-state index contributed by atoms with van der Waals surface area (Å²) in [5, 5.41) is 12.2. The van der Waals surface area contributed by atoms with Gasteiger partial charge in [-0.1, -0.05) is 0 Å². The zero-order valence-electron chi connectivity index (χ0n) is 10.9. The van der Waals surface area contributed by atoms with Crippen LogP contribution in [0.3, 0.4) is 0 Å². The van der Waals surface area contributed by atoms with Crippen molar-refractivity contribution >= 4 is 5.97 Å². The molecule has 0 saturated heterocycles. The van der Waals surface area contributed by atoms with Gasteiger partial charge in [0.25, 0.3) is 0 Å². The zero-order valence-corrected chi connectivity index (χ0v) is 10.9. The molecule has 1 fully saturated rings. The highest BCUT2D eigenvalue weighted by atomic mass is 19.4. The van der Waals surface area contributed by atoms with Gasteiger partial charge in [0, 0.05) is 25.7 Å². The second-order valence-corrected chi connectivity index (χ2v) is 5.14. The standard InChI is InChI=1S/C12H20F3NO3/c1-11(10(17)18,16-9-3-4-9)6-8-19-7-2-5-12(13,14)15/h9,16H,2-8H2,1H3,(H,17,18). The Morgan fingerprint density at radius 3 is 2.42 bits per heavy atom. The van der Waals surface area contributed by atoms with Gasteiger partial charge in [-0.15, -0.1) is 0 Å². The maximum atomic E-state index is 11.9. The lowest BCUT2D eigenvalue weighted by atomic mass is 9.98. The summed E-state index contributed by atoms with van der Waals surface area (Å²) >= 11 is 0. The van der Waals surface area contributed by atoms with Gasteiger partial charge in [0.15, 0.2) is 0 Å². The van der Waals surface area contributed by atoms with Crippen LogP contribution in [0.15, 0.2) is 0 Å². The van der Waals surface area contributed by atoms with Crippen LogP contribution in [0.1, 0.15) is 39.0 Å². The van der Waals surface area contributed by atoms with Gasteiger partial charge in [0.2, 0.25) is 0 Å². The van der Waals surface area contributed by atoms with E-state index in [2.05, 4.69) is 5.32 Å². The molecule has 4 nitrogen and oxygen atoms in total. The Balaban J connectivity index is 2.16. The number of carboxylic acids is 1. The van der Waals surface area contributed by atoms with Crippen molar-refractivity contribution in [3.63, 3.8) is 0 Å². The average molecular weight is 283 g/mol. The van der Waals surface area contributed by atoms with Crippen LogP contribution in [-0.4, -0.2) is 42.0 Å². The molecule has 112 valence electrons. The van der Waals surface area contributed by atoms with E-state index in [1.54, 1.807) is 6.92 Å². The van der Waals surface area contributed by atoms with Gasteiger partial charge in [-0.2, -0.15) is 13.2 Å². The Bertz CT molecular complexity index is 305. The van der Waals surface area contributed by atoms with Crippen molar-refractivity contribution in [3.05, 3.63) is 0 Å². The largest absolute Gasteiger partial charge is 0.480 e. The molecular formula is C12H20F3NO3. The fourth-order valence-electron chi connectivity index (χ4n) is 1.67. The first-order chi connectivity index (χ1) is 8.73. The molecule has 0 heterocycles. The molecule has 0 bridgehead atoms. The minimum absolute atomic E-state index is 0.00135. The third-order valence-corrected chi connectivity index (χ3v) is 3.07. The molecule has 19 heavy (non-hydrogen) atoms. The van der Waals surface area contributed by atoms with Crippen LogP contribution < -0.4 is 5.32 Å². The third-order valence-electron chi connectivity index (χ3n) is 3.07. The number of aliphatic carboxylic acids is 1. The summed E-state index contributed by atoms with van der Waals surface area (Å²) in [6, 6.07) is 0.242. The monoisotopic (exact) mass is 283 g/mol. The molecule has 0 amide bonds. The summed E-state index contributed by atoms with van der Waals surface area (Å²) in [4.78, 5) is 11.2. The number of rotatable bonds is 9. The van der Waals surface area contributed by atoms with Crippen LogP contribution in [0.2, 0.25) is 0 Å². The van der Waals surface area contributed by atoms with Crippen LogP contribution in [0.4, 0.5) is 13.2 Å². The van der Waals surface area contributed by atoms with Gasteiger partial charge in [-0.25, -0.2) is 0 Å². The van der Waals surface area contributed by atoms with Crippen molar-refractivity contribution in [3.8, 4) is 0 Å². The van der Waals surface area contributed by atoms with E-state index in [9.17, 15) is 18.0 Å². The quantitative estimate of drug-likeness (QED) is 0.638. The van der Waals surface area contributed by atoms with Gasteiger partial charge in [-0.05, 0) is 32.6 Å². The Morgan fingerprint density at radius 1 is 1.32 bits per heavy atom. The summed E-state index contributed by atoms with van der Waals surface area (Å²) in [5.41, 5.74) is -1.06. The fraction of sp³-hybridized carbons (Fsp3) is 0.917. The predicted octanol–water partition coefficient (Wildman–Crippen LogP) is 2.33. The SMILES string of the molecule is CC(CCOCCCC(F)(F)F)(NC1CC1)C(=O)O. The summed E-state index contributed by atoms with van der Waals surface area (Å²) in [6.07, 6.45) is -2.95. The molecule has 1 aliphatic carbocycles. The summed E-state index contributed by atoms with van der Waals surface area (Å²) in [6.45, 7) is 1.71. The van der Waals surface area contributed by atoms with Gasteiger partial charge < -0.3 is 9.84 Å². The van der Waals surface area contributed by atoms with E-state index >= 15 is 0 Å². The number of ether oxygens (including phenoxy) is 1. The highest BCUT2D eigenvalue weighted by Crippen LogP contribution is 2.24. The Morgan fingerprint density at radius 2 is 1.95 bits per heavy atom. The van der Waals surface area contributed by atoms with Crippen molar-refractivity contribution in [2.24, 2.45) is 0 Å². The Hall–Kier alpha value is -0.820. The first-order valence-corrected chi connectivity index (χ1v) is 6.38. The highest BCUT2D eigenvalue weighted by molar-refractivity contribution is 5.78. The number of carbonyl (C=O) groups is 1. The number of carboxylic acid groups (broad SMARTS) is 1. The minimum atomic E-state index is -4.16. The highest BCUT2D eigenvalue weighted by Gasteiger charge is 2.38. The van der Waals surface area contributed by atoms with Crippen molar-refractivity contribution in [1.29, 1.82) is 0 Å². The first-order valence-electron chi connectivity index (χ1n) is 6.38. The number of alkyl halides is 3. The van der Waals surface area contributed by atoms with Crippen LogP contribution in [0.5, 0.6) is 0 Å². The van der Waals surface area contributed by atoms with Gasteiger partial charge >= 0.3 is 12.1 Å². The van der Waals surface area contributed by atoms with Crippen molar-refractivity contribution < 1.29 is 27.8 Å². The zero-order chi connectivity index (χ0) is 14.5. The van der Waals surface area contributed by atoms with Gasteiger partial charge in [0.1, 0.15) is 5.54 Å². The molecule has 0 aliphatic heterocycles. The van der Waals surface area contributed by atoms with Crippen molar-refractivity contribution in [2.75, 3.05) is 13.2 Å².